The minimum absolute atomic E-state index is 0.0340. The normalized spacial score (nSPS) is 10.8. The lowest BCUT2D eigenvalue weighted by molar-refractivity contribution is -0.124. The maximum Gasteiger partial charge on any atom is 0.359 e. The monoisotopic (exact) mass is 347 g/mol. The number of benzene rings is 1. The lowest BCUT2D eigenvalue weighted by Gasteiger charge is -2.09. The second-order valence-electron chi connectivity index (χ2n) is 5.65. The van der Waals surface area contributed by atoms with Gasteiger partial charge < -0.3 is 14.8 Å². The number of rotatable bonds is 8. The number of amides is 1. The fourth-order valence-electron chi connectivity index (χ4n) is 2.14. The maximum absolute atomic E-state index is 12.1. The van der Waals surface area contributed by atoms with E-state index >= 15 is 0 Å². The molecular formula is C17H21N3O5. The molecule has 0 aliphatic carbocycles. The summed E-state index contributed by atoms with van der Waals surface area (Å²) in [4.78, 5) is 35.5. The molecule has 0 fully saturated rings. The highest BCUT2D eigenvalue weighted by atomic mass is 16.5. The molecule has 0 aliphatic heterocycles. The number of aromatic nitrogens is 2. The molecule has 1 aromatic heterocycles. The lowest BCUT2D eigenvalue weighted by atomic mass is 10.1. The smallest absolute Gasteiger partial charge is 0.359 e. The summed E-state index contributed by atoms with van der Waals surface area (Å²) in [5.74, 6) is -1.18. The Morgan fingerprint density at radius 1 is 1.24 bits per heavy atom. The van der Waals surface area contributed by atoms with Crippen molar-refractivity contribution in [2.45, 2.75) is 26.4 Å². The average Bonchev–Trinajstić information content (AvgIpc) is 2.59. The predicted molar refractivity (Wildman–Crippen MR) is 91.4 cm³/mol. The van der Waals surface area contributed by atoms with Gasteiger partial charge in [0, 0.05) is 18.5 Å². The molecule has 1 heterocycles. The van der Waals surface area contributed by atoms with Crippen LogP contribution >= 0.6 is 0 Å². The van der Waals surface area contributed by atoms with Crippen LogP contribution in [-0.2, 0) is 14.3 Å². The van der Waals surface area contributed by atoms with E-state index < -0.39 is 24.0 Å². The molecular weight excluding hydrogens is 326 g/mol. The molecule has 0 unspecified atom stereocenters. The molecule has 0 bridgehead atoms. The molecule has 0 aliphatic rings. The highest BCUT2D eigenvalue weighted by molar-refractivity contribution is 6.02. The van der Waals surface area contributed by atoms with Gasteiger partial charge >= 0.3 is 5.97 Å². The first-order valence-corrected chi connectivity index (χ1v) is 8.02. The Bertz CT molecular complexity index is 800. The van der Waals surface area contributed by atoms with Crippen LogP contribution in [0.5, 0.6) is 0 Å². The summed E-state index contributed by atoms with van der Waals surface area (Å²) in [5, 5.41) is 9.32. The zero-order chi connectivity index (χ0) is 18.2. The highest BCUT2D eigenvalue weighted by Gasteiger charge is 2.16. The van der Waals surface area contributed by atoms with E-state index in [0.717, 1.165) is 0 Å². The summed E-state index contributed by atoms with van der Waals surface area (Å²) >= 11 is 0. The van der Waals surface area contributed by atoms with Crippen LogP contribution in [0.25, 0.3) is 10.8 Å². The van der Waals surface area contributed by atoms with Gasteiger partial charge in [-0.2, -0.15) is 5.10 Å². The molecule has 8 nitrogen and oxygen atoms in total. The Kier molecular flexibility index (Phi) is 6.64. The quantitative estimate of drug-likeness (QED) is 0.545. The Labute approximate surface area is 144 Å². The van der Waals surface area contributed by atoms with Crippen LogP contribution in [0.4, 0.5) is 0 Å². The zero-order valence-corrected chi connectivity index (χ0v) is 14.2. The second-order valence-corrected chi connectivity index (χ2v) is 5.65. The molecule has 0 radical (unpaired) electrons. The van der Waals surface area contributed by atoms with E-state index in [0.29, 0.717) is 30.3 Å². The fourth-order valence-corrected chi connectivity index (χ4v) is 2.14. The topological polar surface area (TPSA) is 110 Å². The highest BCUT2D eigenvalue weighted by Crippen LogP contribution is 2.13. The summed E-state index contributed by atoms with van der Waals surface area (Å²) in [6.45, 7) is 4.44. The van der Waals surface area contributed by atoms with Gasteiger partial charge in [-0.15, -0.1) is 0 Å². The number of nitrogens with zero attached hydrogens (tertiary/aromatic N) is 1. The number of carbonyl (C=O) groups excluding carboxylic acids is 2. The van der Waals surface area contributed by atoms with Crippen molar-refractivity contribution in [1.82, 2.24) is 15.5 Å². The van der Waals surface area contributed by atoms with Crippen LogP contribution in [0.3, 0.4) is 0 Å². The molecule has 25 heavy (non-hydrogen) atoms. The van der Waals surface area contributed by atoms with Crippen molar-refractivity contribution in [2.24, 2.45) is 0 Å². The summed E-state index contributed by atoms with van der Waals surface area (Å²) in [5.41, 5.74) is -0.429. The fraction of sp³-hybridized carbons (Fsp3) is 0.412. The number of fused-ring (bicyclic) bond motifs is 1. The molecule has 2 N–H and O–H groups in total. The van der Waals surface area contributed by atoms with Crippen LogP contribution in [0.15, 0.2) is 29.1 Å². The number of aromatic amines is 1. The first kappa shape index (κ1) is 18.6. The first-order valence-electron chi connectivity index (χ1n) is 8.02. The third-order valence-corrected chi connectivity index (χ3v) is 3.32. The van der Waals surface area contributed by atoms with E-state index in [1.54, 1.807) is 24.3 Å². The Morgan fingerprint density at radius 2 is 1.96 bits per heavy atom. The third kappa shape index (κ3) is 5.39. The van der Waals surface area contributed by atoms with E-state index in [1.807, 2.05) is 13.8 Å². The molecule has 0 saturated heterocycles. The van der Waals surface area contributed by atoms with Crippen molar-refractivity contribution >= 4 is 22.6 Å². The first-order chi connectivity index (χ1) is 12.0. The number of nitrogens with one attached hydrogen (secondary N) is 2. The van der Waals surface area contributed by atoms with Gasteiger partial charge in [0.25, 0.3) is 11.5 Å². The van der Waals surface area contributed by atoms with Gasteiger partial charge in [-0.05, 0) is 26.3 Å². The average molecular weight is 347 g/mol. The lowest BCUT2D eigenvalue weighted by Crippen LogP contribution is -2.30. The third-order valence-electron chi connectivity index (χ3n) is 3.32. The van der Waals surface area contributed by atoms with Gasteiger partial charge in [0.2, 0.25) is 0 Å². The van der Waals surface area contributed by atoms with E-state index in [2.05, 4.69) is 15.5 Å². The number of hydrogen-bond donors (Lipinski definition) is 2. The van der Waals surface area contributed by atoms with Gasteiger partial charge in [0.1, 0.15) is 0 Å². The Hall–Kier alpha value is -2.74. The van der Waals surface area contributed by atoms with E-state index in [4.69, 9.17) is 9.47 Å². The zero-order valence-electron chi connectivity index (χ0n) is 14.2. The molecule has 2 rings (SSSR count). The maximum atomic E-state index is 12.1. The molecule has 8 heteroatoms. The number of hydrogen-bond acceptors (Lipinski definition) is 6. The summed E-state index contributed by atoms with van der Waals surface area (Å²) in [7, 11) is 0. The number of H-pyrrole nitrogens is 1. The van der Waals surface area contributed by atoms with Crippen molar-refractivity contribution in [2.75, 3.05) is 19.8 Å². The summed E-state index contributed by atoms with van der Waals surface area (Å²) < 4.78 is 10.3. The predicted octanol–water partition coefficient (Wildman–Crippen LogP) is 1.01. The number of esters is 1. The van der Waals surface area contributed by atoms with Crippen molar-refractivity contribution in [3.8, 4) is 0 Å². The van der Waals surface area contributed by atoms with Gasteiger partial charge in [-0.1, -0.05) is 18.2 Å². The SMILES string of the molecule is CC(C)OCCCNC(=O)COC(=O)c1n[nH]c(=O)c2ccccc12. The molecule has 1 aromatic carbocycles. The Balaban J connectivity index is 1.86. The molecule has 0 saturated carbocycles. The summed E-state index contributed by atoms with van der Waals surface area (Å²) in [6.07, 6.45) is 0.820. The van der Waals surface area contributed by atoms with Gasteiger partial charge in [-0.3, -0.25) is 9.59 Å². The standard InChI is InChI=1S/C17H21N3O5/c1-11(2)24-9-5-8-18-14(21)10-25-17(23)15-12-6-3-4-7-13(12)16(22)20-19-15/h3-4,6-7,11H,5,8-10H2,1-2H3,(H,18,21)(H,20,22). The molecule has 134 valence electrons. The molecule has 2 aromatic rings. The van der Waals surface area contributed by atoms with Crippen LogP contribution in [0.1, 0.15) is 30.8 Å². The van der Waals surface area contributed by atoms with Crippen molar-refractivity contribution in [3.63, 3.8) is 0 Å². The van der Waals surface area contributed by atoms with Crippen molar-refractivity contribution in [3.05, 3.63) is 40.3 Å². The second kappa shape index (κ2) is 8.93. The van der Waals surface area contributed by atoms with E-state index in [9.17, 15) is 14.4 Å². The van der Waals surface area contributed by atoms with E-state index in [-0.39, 0.29) is 11.8 Å². The van der Waals surface area contributed by atoms with Gasteiger partial charge in [-0.25, -0.2) is 9.89 Å². The number of ether oxygens (including phenoxy) is 2. The van der Waals surface area contributed by atoms with E-state index in [1.165, 1.54) is 0 Å². The van der Waals surface area contributed by atoms with Crippen molar-refractivity contribution in [1.29, 1.82) is 0 Å². The minimum Gasteiger partial charge on any atom is -0.451 e. The summed E-state index contributed by atoms with van der Waals surface area (Å²) in [6, 6.07) is 6.55. The Morgan fingerprint density at radius 3 is 2.68 bits per heavy atom. The van der Waals surface area contributed by atoms with Crippen LogP contribution < -0.4 is 10.9 Å². The van der Waals surface area contributed by atoms with Crippen LogP contribution in [-0.4, -0.2) is 47.9 Å². The van der Waals surface area contributed by atoms with Crippen LogP contribution in [0.2, 0.25) is 0 Å². The molecule has 0 atom stereocenters. The number of carbonyl (C=O) groups is 2. The van der Waals surface area contributed by atoms with Gasteiger partial charge in [0.05, 0.1) is 11.5 Å². The van der Waals surface area contributed by atoms with Crippen molar-refractivity contribution < 1.29 is 19.1 Å². The largest absolute Gasteiger partial charge is 0.451 e. The minimum atomic E-state index is -0.772. The van der Waals surface area contributed by atoms with Gasteiger partial charge in [0.15, 0.2) is 12.3 Å². The molecule has 0 spiro atoms. The molecule has 1 amide bonds. The van der Waals surface area contributed by atoms with Crippen LogP contribution in [0, 0.1) is 0 Å².